The van der Waals surface area contributed by atoms with Crippen LogP contribution in [-0.2, 0) is 20.5 Å². The molecule has 0 fully saturated rings. The van der Waals surface area contributed by atoms with Crippen molar-refractivity contribution in [3.05, 3.63) is 47.0 Å². The maximum atomic E-state index is 13.2. The summed E-state index contributed by atoms with van der Waals surface area (Å²) in [5.74, 6) is -3.45. The van der Waals surface area contributed by atoms with Gasteiger partial charge in [0.25, 0.3) is 0 Å². The number of halogens is 4. The average Bonchev–Trinajstić information content (AvgIpc) is 3.14. The minimum atomic E-state index is -4.83. The molecule has 12 heteroatoms. The van der Waals surface area contributed by atoms with E-state index in [2.05, 4.69) is 9.84 Å². The highest BCUT2D eigenvalue weighted by Gasteiger charge is 2.36. The molecule has 0 saturated heterocycles. The summed E-state index contributed by atoms with van der Waals surface area (Å²) in [5, 5.41) is 20.8. The summed E-state index contributed by atoms with van der Waals surface area (Å²) < 4.78 is 55.9. The molecule has 0 atom stereocenters. The lowest BCUT2D eigenvalue weighted by Crippen LogP contribution is -2.25. The second kappa shape index (κ2) is 10.0. The molecule has 0 aliphatic carbocycles. The van der Waals surface area contributed by atoms with E-state index >= 15 is 0 Å². The number of carbonyl (C=O) groups is 3. The zero-order valence-electron chi connectivity index (χ0n) is 17.5. The summed E-state index contributed by atoms with van der Waals surface area (Å²) in [6, 6.07) is 4.64. The third kappa shape index (κ3) is 6.90. The van der Waals surface area contributed by atoms with Gasteiger partial charge in [-0.25, -0.2) is 13.9 Å². The molecule has 8 nitrogen and oxygen atoms in total. The van der Waals surface area contributed by atoms with Gasteiger partial charge in [0, 0.05) is 12.5 Å². The Balaban J connectivity index is 0.000000396. The Morgan fingerprint density at radius 3 is 2.22 bits per heavy atom. The van der Waals surface area contributed by atoms with E-state index in [4.69, 9.17) is 10.4 Å². The van der Waals surface area contributed by atoms with Crippen LogP contribution in [0, 0.1) is 22.6 Å². The number of carboxylic acids is 1. The molecule has 0 bridgehead atoms. The van der Waals surface area contributed by atoms with Gasteiger partial charge in [0.2, 0.25) is 0 Å². The van der Waals surface area contributed by atoms with Crippen molar-refractivity contribution < 1.29 is 41.8 Å². The molecule has 0 aliphatic rings. The first kappa shape index (κ1) is 26.3. The van der Waals surface area contributed by atoms with E-state index in [-0.39, 0.29) is 12.1 Å². The van der Waals surface area contributed by atoms with E-state index in [0.29, 0.717) is 10.7 Å². The molecule has 2 aromatic rings. The number of hydrogen-bond acceptors (Lipinski definition) is 6. The summed E-state index contributed by atoms with van der Waals surface area (Å²) in [6.45, 7) is 6.77. The zero-order valence-corrected chi connectivity index (χ0v) is 17.5. The van der Waals surface area contributed by atoms with Crippen molar-refractivity contribution in [3.63, 3.8) is 0 Å². The number of nitriles is 1. The smallest absolute Gasteiger partial charge is 0.435 e. The summed E-state index contributed by atoms with van der Waals surface area (Å²) in [7, 11) is 0. The Morgan fingerprint density at radius 1 is 1.19 bits per heavy atom. The third-order valence-electron chi connectivity index (χ3n) is 3.64. The van der Waals surface area contributed by atoms with Crippen molar-refractivity contribution in [1.29, 1.82) is 5.26 Å². The number of hydrogen-bond donors (Lipinski definition) is 1. The SMILES string of the molecule is CCC(=O)OC(=O)C(C)(C)C.N#Cc1cc(-n2nc(C(F)(F)F)cc2C(=O)O)ccc1F. The van der Waals surface area contributed by atoms with E-state index < -0.39 is 52.3 Å². The van der Waals surface area contributed by atoms with Crippen molar-refractivity contribution in [3.8, 4) is 11.8 Å². The average molecular weight is 457 g/mol. The van der Waals surface area contributed by atoms with Gasteiger partial charge in [-0.3, -0.25) is 9.59 Å². The van der Waals surface area contributed by atoms with E-state index in [1.165, 1.54) is 6.07 Å². The number of benzene rings is 1. The fourth-order valence-electron chi connectivity index (χ4n) is 1.93. The van der Waals surface area contributed by atoms with Gasteiger partial charge in [-0.1, -0.05) is 6.92 Å². The normalized spacial score (nSPS) is 11.1. The van der Waals surface area contributed by atoms with Crippen LogP contribution in [0.4, 0.5) is 17.6 Å². The van der Waals surface area contributed by atoms with Crippen LogP contribution in [0.3, 0.4) is 0 Å². The molecule has 1 aromatic carbocycles. The molecule has 1 heterocycles. The lowest BCUT2D eigenvalue weighted by atomic mass is 9.97. The summed E-state index contributed by atoms with van der Waals surface area (Å²) >= 11 is 0. The lowest BCUT2D eigenvalue weighted by Gasteiger charge is -2.14. The number of aromatic carboxylic acids is 1. The highest BCUT2D eigenvalue weighted by atomic mass is 19.4. The predicted octanol–water partition coefficient (Wildman–Crippen LogP) is 4.11. The van der Waals surface area contributed by atoms with Gasteiger partial charge >= 0.3 is 24.1 Å². The summed E-state index contributed by atoms with van der Waals surface area (Å²) in [4.78, 5) is 32.6. The Hall–Kier alpha value is -3.75. The zero-order chi connectivity index (χ0) is 24.9. The fourth-order valence-corrected chi connectivity index (χ4v) is 1.93. The molecular formula is C20H19F4N3O5. The predicted molar refractivity (Wildman–Crippen MR) is 101 cm³/mol. The maximum Gasteiger partial charge on any atom is 0.435 e. The molecule has 1 N–H and O–H groups in total. The maximum absolute atomic E-state index is 13.2. The van der Waals surface area contributed by atoms with E-state index in [1.807, 2.05) is 0 Å². The molecule has 0 amide bonds. The largest absolute Gasteiger partial charge is 0.477 e. The molecule has 0 radical (unpaired) electrons. The topological polar surface area (TPSA) is 122 Å². The number of nitrogens with zero attached hydrogens (tertiary/aromatic N) is 3. The highest BCUT2D eigenvalue weighted by Crippen LogP contribution is 2.29. The highest BCUT2D eigenvalue weighted by molar-refractivity contribution is 5.88. The monoisotopic (exact) mass is 457 g/mol. The number of carboxylic acid groups (broad SMARTS) is 1. The first-order valence-corrected chi connectivity index (χ1v) is 8.97. The van der Waals surface area contributed by atoms with Gasteiger partial charge in [0.1, 0.15) is 11.9 Å². The number of carbonyl (C=O) groups excluding carboxylic acids is 2. The van der Waals surface area contributed by atoms with E-state index in [1.54, 1.807) is 27.7 Å². The van der Waals surface area contributed by atoms with Crippen LogP contribution in [0.15, 0.2) is 24.3 Å². The van der Waals surface area contributed by atoms with Gasteiger partial charge in [0.05, 0.1) is 16.7 Å². The fraction of sp³-hybridized carbons (Fsp3) is 0.350. The van der Waals surface area contributed by atoms with E-state index in [0.717, 1.165) is 18.2 Å². The second-order valence-electron chi connectivity index (χ2n) is 7.27. The first-order chi connectivity index (χ1) is 14.6. The van der Waals surface area contributed by atoms with Crippen molar-refractivity contribution in [1.82, 2.24) is 9.78 Å². The van der Waals surface area contributed by atoms with Crippen molar-refractivity contribution in [2.45, 2.75) is 40.3 Å². The summed E-state index contributed by atoms with van der Waals surface area (Å²) in [5.41, 5.74) is -3.35. The lowest BCUT2D eigenvalue weighted by molar-refractivity contribution is -0.165. The molecule has 172 valence electrons. The Morgan fingerprint density at radius 2 is 1.78 bits per heavy atom. The van der Waals surface area contributed by atoms with Crippen LogP contribution in [0.1, 0.15) is 55.9 Å². The van der Waals surface area contributed by atoms with Gasteiger partial charge in [-0.05, 0) is 39.0 Å². The number of rotatable bonds is 3. The Labute approximate surface area is 180 Å². The standard InChI is InChI=1S/C12H5F4N3O2.C8H14O3/c13-8-2-1-7(3-6(8)5-17)19-9(11(20)21)4-10(18-19)12(14,15)16;1-5-6(9)11-7(10)8(2,3)4/h1-4H,(H,20,21);5H2,1-4H3. The number of aromatic nitrogens is 2. The molecule has 1 aromatic heterocycles. The van der Waals surface area contributed by atoms with Crippen molar-refractivity contribution >= 4 is 17.9 Å². The van der Waals surface area contributed by atoms with Crippen LogP contribution >= 0.6 is 0 Å². The second-order valence-corrected chi connectivity index (χ2v) is 7.27. The third-order valence-corrected chi connectivity index (χ3v) is 3.64. The molecule has 0 spiro atoms. The molecule has 0 unspecified atom stereocenters. The van der Waals surface area contributed by atoms with Gasteiger partial charge in [-0.15, -0.1) is 0 Å². The molecular weight excluding hydrogens is 438 g/mol. The van der Waals surface area contributed by atoms with Crippen molar-refractivity contribution in [2.24, 2.45) is 5.41 Å². The van der Waals surface area contributed by atoms with Crippen LogP contribution in [0.2, 0.25) is 0 Å². The number of esters is 2. The van der Waals surface area contributed by atoms with Crippen LogP contribution in [-0.4, -0.2) is 32.8 Å². The van der Waals surface area contributed by atoms with E-state index in [9.17, 15) is 31.9 Å². The van der Waals surface area contributed by atoms with Crippen LogP contribution < -0.4 is 0 Å². The van der Waals surface area contributed by atoms with Gasteiger partial charge < -0.3 is 9.84 Å². The van der Waals surface area contributed by atoms with Gasteiger partial charge in [-0.2, -0.15) is 23.5 Å². The Kier molecular flexibility index (Phi) is 8.25. The molecule has 2 rings (SSSR count). The van der Waals surface area contributed by atoms with Crippen LogP contribution in [0.25, 0.3) is 5.69 Å². The van der Waals surface area contributed by atoms with Crippen molar-refractivity contribution in [2.75, 3.05) is 0 Å². The molecule has 0 aliphatic heterocycles. The molecule has 0 saturated carbocycles. The Bertz CT molecular complexity index is 1060. The molecule has 32 heavy (non-hydrogen) atoms. The first-order valence-electron chi connectivity index (χ1n) is 8.97. The number of ether oxygens (including phenoxy) is 1. The minimum absolute atomic E-state index is 0.166. The number of alkyl halides is 3. The summed E-state index contributed by atoms with van der Waals surface area (Å²) in [6.07, 6.45) is -4.59. The minimum Gasteiger partial charge on any atom is -0.477 e. The van der Waals surface area contributed by atoms with Crippen LogP contribution in [0.5, 0.6) is 0 Å². The van der Waals surface area contributed by atoms with Gasteiger partial charge in [0.15, 0.2) is 11.4 Å². The quantitative estimate of drug-likeness (QED) is 0.418.